The molecule has 1 aromatic heterocycles. The molecule has 1 amide bonds. The summed E-state index contributed by atoms with van der Waals surface area (Å²) in [6, 6.07) is 8.77. The summed E-state index contributed by atoms with van der Waals surface area (Å²) >= 11 is 0. The molecule has 2 aliphatic carbocycles. The van der Waals surface area contributed by atoms with Gasteiger partial charge in [-0.3, -0.25) is 4.79 Å². The van der Waals surface area contributed by atoms with E-state index in [4.69, 9.17) is 15.6 Å². The lowest BCUT2D eigenvalue weighted by atomic mass is 9.89. The first-order chi connectivity index (χ1) is 15.6. The third kappa shape index (κ3) is 6.71. The number of nitrogens with one attached hydrogen (secondary N) is 1. The van der Waals surface area contributed by atoms with E-state index >= 15 is 0 Å². The topological polar surface area (TPSA) is 82.2 Å². The van der Waals surface area contributed by atoms with Gasteiger partial charge >= 0.3 is 0 Å². The molecule has 0 radical (unpaired) electrons. The molecule has 1 aromatic carbocycles. The highest BCUT2D eigenvalue weighted by Crippen LogP contribution is 2.50. The number of aryl methyl sites for hydroxylation is 1. The second-order valence-corrected chi connectivity index (χ2v) is 16.9. The summed E-state index contributed by atoms with van der Waals surface area (Å²) in [7, 11) is -1.10. The minimum Gasteiger partial charge on any atom is -0.360 e. The molecule has 0 spiro atoms. The van der Waals surface area contributed by atoms with Crippen LogP contribution < -0.4 is 11.1 Å². The Labute approximate surface area is 211 Å². The maximum atomic E-state index is 12.8. The average molecular weight is 505 g/mol. The second kappa shape index (κ2) is 10.9. The second-order valence-electron chi connectivity index (χ2n) is 11.2. The van der Waals surface area contributed by atoms with E-state index in [9.17, 15) is 4.79 Å². The van der Waals surface area contributed by atoms with Crippen LogP contribution in [0.3, 0.4) is 0 Å². The standard InChI is InChI=1S/C26H40N4O2Si.ClH/c1-17-23(18(2)30(29-17)16-32-14-15-33(3,4)5)19-10-12-22(13-11-19)28-26(31)25(27)24(20-6-7-20)21-8-9-21;/h10-13,20-21,24-25H,6-9,14-16,27H2,1-5H3,(H,28,31);1H/t25-;/m0./s1. The Morgan fingerprint density at radius 2 is 1.74 bits per heavy atom. The highest BCUT2D eigenvalue weighted by atomic mass is 35.5. The van der Waals surface area contributed by atoms with Gasteiger partial charge in [-0.15, -0.1) is 12.4 Å². The first-order valence-electron chi connectivity index (χ1n) is 12.4. The van der Waals surface area contributed by atoms with E-state index < -0.39 is 14.1 Å². The van der Waals surface area contributed by atoms with Crippen molar-refractivity contribution in [3.05, 3.63) is 35.7 Å². The van der Waals surface area contributed by atoms with Crippen molar-refractivity contribution in [2.75, 3.05) is 11.9 Å². The van der Waals surface area contributed by atoms with Crippen LogP contribution >= 0.6 is 12.4 Å². The summed E-state index contributed by atoms with van der Waals surface area (Å²) in [6.45, 7) is 12.4. The van der Waals surface area contributed by atoms with Crippen LogP contribution in [0.5, 0.6) is 0 Å². The number of carbonyl (C=O) groups excluding carboxylic acids is 1. The number of hydrogen-bond donors (Lipinski definition) is 2. The zero-order chi connectivity index (χ0) is 23.8. The molecule has 2 aliphatic rings. The van der Waals surface area contributed by atoms with Crippen LogP contribution in [-0.4, -0.2) is 36.4 Å². The van der Waals surface area contributed by atoms with Gasteiger partial charge in [-0.2, -0.15) is 5.10 Å². The predicted octanol–water partition coefficient (Wildman–Crippen LogP) is 5.60. The van der Waals surface area contributed by atoms with E-state index in [2.05, 4.69) is 31.9 Å². The first kappa shape index (κ1) is 26.9. The minimum absolute atomic E-state index is 0. The highest BCUT2D eigenvalue weighted by Gasteiger charge is 2.46. The zero-order valence-corrected chi connectivity index (χ0v) is 23.1. The molecule has 1 atom stereocenters. The fourth-order valence-corrected chi connectivity index (χ4v) is 5.58. The van der Waals surface area contributed by atoms with Crippen molar-refractivity contribution in [3.8, 4) is 11.1 Å². The molecule has 2 aromatic rings. The van der Waals surface area contributed by atoms with Crippen molar-refractivity contribution in [3.63, 3.8) is 0 Å². The largest absolute Gasteiger partial charge is 0.360 e. The molecule has 3 N–H and O–H groups in total. The molecule has 4 rings (SSSR count). The van der Waals surface area contributed by atoms with Gasteiger partial charge in [0.1, 0.15) is 6.73 Å². The van der Waals surface area contributed by atoms with Crippen LogP contribution in [0.1, 0.15) is 37.1 Å². The summed E-state index contributed by atoms with van der Waals surface area (Å²) in [5.74, 6) is 1.61. The number of benzene rings is 1. The molecule has 0 aliphatic heterocycles. The van der Waals surface area contributed by atoms with Gasteiger partial charge in [0.2, 0.25) is 5.91 Å². The van der Waals surface area contributed by atoms with Crippen LogP contribution in [0, 0.1) is 31.6 Å². The van der Waals surface area contributed by atoms with E-state index in [-0.39, 0.29) is 18.3 Å². The van der Waals surface area contributed by atoms with E-state index in [1.807, 2.05) is 35.9 Å². The number of anilines is 1. The Balaban J connectivity index is 0.00000324. The molecule has 6 nitrogen and oxygen atoms in total. The van der Waals surface area contributed by atoms with Gasteiger partial charge in [0.15, 0.2) is 0 Å². The van der Waals surface area contributed by atoms with Gasteiger partial charge < -0.3 is 15.8 Å². The van der Waals surface area contributed by atoms with E-state index in [1.165, 1.54) is 25.7 Å². The summed E-state index contributed by atoms with van der Waals surface area (Å²) in [5.41, 5.74) is 11.5. The molecule has 1 heterocycles. The summed E-state index contributed by atoms with van der Waals surface area (Å²) in [5, 5.41) is 7.74. The van der Waals surface area contributed by atoms with Crippen molar-refractivity contribution >= 4 is 32.1 Å². The van der Waals surface area contributed by atoms with Crippen molar-refractivity contribution < 1.29 is 9.53 Å². The predicted molar refractivity (Wildman–Crippen MR) is 144 cm³/mol. The number of amides is 1. The Hall–Kier alpha value is -1.67. The average Bonchev–Trinajstić information content (AvgIpc) is 3.67. The molecule has 2 saturated carbocycles. The quantitative estimate of drug-likeness (QED) is 0.308. The summed E-state index contributed by atoms with van der Waals surface area (Å²) in [4.78, 5) is 12.8. The first-order valence-corrected chi connectivity index (χ1v) is 16.1. The number of nitrogens with zero attached hydrogens (tertiary/aromatic N) is 2. The van der Waals surface area contributed by atoms with Gasteiger partial charge in [-0.05, 0) is 81.0 Å². The van der Waals surface area contributed by atoms with Crippen LogP contribution in [-0.2, 0) is 16.3 Å². The Morgan fingerprint density at radius 1 is 1.15 bits per heavy atom. The number of aromatic nitrogens is 2. The summed E-state index contributed by atoms with van der Waals surface area (Å²) in [6.07, 6.45) is 4.92. The monoisotopic (exact) mass is 504 g/mol. The number of hydrogen-bond acceptors (Lipinski definition) is 4. The van der Waals surface area contributed by atoms with Gasteiger partial charge in [0.25, 0.3) is 0 Å². The number of nitrogens with two attached hydrogens (primary N) is 1. The van der Waals surface area contributed by atoms with E-state index in [0.717, 1.165) is 40.9 Å². The third-order valence-electron chi connectivity index (χ3n) is 7.08. The van der Waals surface area contributed by atoms with E-state index in [1.54, 1.807) is 0 Å². The fourth-order valence-electron chi connectivity index (χ4n) is 4.82. The maximum absolute atomic E-state index is 12.8. The lowest BCUT2D eigenvalue weighted by Gasteiger charge is -2.23. The van der Waals surface area contributed by atoms with Gasteiger partial charge in [0.05, 0.1) is 11.7 Å². The van der Waals surface area contributed by atoms with Crippen LogP contribution in [0.15, 0.2) is 24.3 Å². The molecule has 34 heavy (non-hydrogen) atoms. The zero-order valence-electron chi connectivity index (χ0n) is 21.3. The third-order valence-corrected chi connectivity index (χ3v) is 8.79. The highest BCUT2D eigenvalue weighted by molar-refractivity contribution is 6.76. The van der Waals surface area contributed by atoms with Crippen molar-refractivity contribution in [2.45, 2.75) is 78.0 Å². The molecule has 188 valence electrons. The van der Waals surface area contributed by atoms with Crippen LogP contribution in [0.4, 0.5) is 5.69 Å². The number of rotatable bonds is 11. The van der Waals surface area contributed by atoms with Crippen LogP contribution in [0.2, 0.25) is 25.7 Å². The van der Waals surface area contributed by atoms with Crippen molar-refractivity contribution in [2.24, 2.45) is 23.5 Å². The Morgan fingerprint density at radius 3 is 2.26 bits per heavy atom. The molecular formula is C26H41ClN4O2Si. The van der Waals surface area contributed by atoms with E-state index in [0.29, 0.717) is 24.5 Å². The summed E-state index contributed by atoms with van der Waals surface area (Å²) < 4.78 is 7.85. The lowest BCUT2D eigenvalue weighted by Crippen LogP contribution is -2.43. The molecule has 2 fully saturated rings. The molecule has 0 unspecified atom stereocenters. The van der Waals surface area contributed by atoms with Crippen molar-refractivity contribution in [1.82, 2.24) is 9.78 Å². The Bertz CT molecular complexity index is 966. The van der Waals surface area contributed by atoms with Gasteiger partial charge in [0, 0.05) is 31.6 Å². The number of carbonyl (C=O) groups is 1. The molecule has 0 bridgehead atoms. The molecule has 8 heteroatoms. The normalized spacial score (nSPS) is 16.9. The Kier molecular flexibility index (Phi) is 8.66. The maximum Gasteiger partial charge on any atom is 0.241 e. The lowest BCUT2D eigenvalue weighted by molar-refractivity contribution is -0.118. The van der Waals surface area contributed by atoms with Gasteiger partial charge in [-0.25, -0.2) is 4.68 Å². The molecule has 0 saturated heterocycles. The van der Waals surface area contributed by atoms with Crippen LogP contribution in [0.25, 0.3) is 11.1 Å². The number of ether oxygens (including phenoxy) is 1. The SMILES string of the molecule is Cc1nn(COCC[Si](C)(C)C)c(C)c1-c1ccc(NC(=O)[C@@H](N)C(C2CC2)C2CC2)cc1.Cl. The smallest absolute Gasteiger partial charge is 0.241 e. The minimum atomic E-state index is -1.10. The number of halogens is 1. The van der Waals surface area contributed by atoms with Gasteiger partial charge in [-0.1, -0.05) is 31.8 Å². The fraction of sp³-hybridized carbons (Fsp3) is 0.615. The molecular weight excluding hydrogens is 464 g/mol. The van der Waals surface area contributed by atoms with Crippen molar-refractivity contribution in [1.29, 1.82) is 0 Å².